The number of fused-ring (bicyclic) bond motifs is 1. The van der Waals surface area contributed by atoms with Crippen molar-refractivity contribution in [1.29, 1.82) is 0 Å². The van der Waals surface area contributed by atoms with Crippen LogP contribution >= 0.6 is 0 Å². The summed E-state index contributed by atoms with van der Waals surface area (Å²) in [5.41, 5.74) is 1.70. The molecule has 0 atom stereocenters. The summed E-state index contributed by atoms with van der Waals surface area (Å²) in [4.78, 5) is 16.4. The molecule has 1 aliphatic rings. The van der Waals surface area contributed by atoms with Crippen molar-refractivity contribution in [2.75, 3.05) is 18.5 Å². The molecule has 1 amide bonds. The molecule has 0 unspecified atom stereocenters. The Balaban J connectivity index is 1.75. The Morgan fingerprint density at radius 1 is 1.26 bits per heavy atom. The van der Waals surface area contributed by atoms with Gasteiger partial charge in [0.15, 0.2) is 0 Å². The summed E-state index contributed by atoms with van der Waals surface area (Å²) < 4.78 is 5.27. The van der Waals surface area contributed by atoms with Gasteiger partial charge in [0.1, 0.15) is 0 Å². The van der Waals surface area contributed by atoms with Crippen LogP contribution in [0.4, 0.5) is 5.69 Å². The quantitative estimate of drug-likeness (QED) is 0.898. The van der Waals surface area contributed by atoms with Crippen molar-refractivity contribution in [3.05, 3.63) is 36.5 Å². The lowest BCUT2D eigenvalue weighted by Crippen LogP contribution is -2.28. The number of nitrogens with zero attached hydrogens (tertiary/aromatic N) is 1. The molecule has 0 aliphatic carbocycles. The molecule has 2 heterocycles. The van der Waals surface area contributed by atoms with Crippen LogP contribution in [-0.2, 0) is 9.53 Å². The second-order valence-electron chi connectivity index (χ2n) is 4.79. The Labute approximate surface area is 111 Å². The highest BCUT2D eigenvalue weighted by molar-refractivity contribution is 5.94. The van der Waals surface area contributed by atoms with Crippen molar-refractivity contribution in [3.63, 3.8) is 0 Å². The zero-order valence-corrected chi connectivity index (χ0v) is 10.6. The number of ether oxygens (including phenoxy) is 1. The van der Waals surface area contributed by atoms with Crippen LogP contribution in [-0.4, -0.2) is 24.1 Å². The summed E-state index contributed by atoms with van der Waals surface area (Å²) >= 11 is 0. The minimum Gasteiger partial charge on any atom is -0.381 e. The van der Waals surface area contributed by atoms with Gasteiger partial charge < -0.3 is 10.1 Å². The Morgan fingerprint density at radius 3 is 2.89 bits per heavy atom. The number of anilines is 1. The molecule has 0 bridgehead atoms. The van der Waals surface area contributed by atoms with Gasteiger partial charge in [-0.1, -0.05) is 18.2 Å². The van der Waals surface area contributed by atoms with E-state index in [-0.39, 0.29) is 11.8 Å². The monoisotopic (exact) mass is 256 g/mol. The number of hydrogen-bond acceptors (Lipinski definition) is 3. The first-order valence-electron chi connectivity index (χ1n) is 6.56. The van der Waals surface area contributed by atoms with Crippen LogP contribution in [0.25, 0.3) is 10.9 Å². The maximum Gasteiger partial charge on any atom is 0.227 e. The van der Waals surface area contributed by atoms with Crippen molar-refractivity contribution in [2.45, 2.75) is 12.8 Å². The molecule has 3 rings (SSSR count). The number of carbonyl (C=O) groups excluding carboxylic acids is 1. The van der Waals surface area contributed by atoms with Crippen LogP contribution < -0.4 is 5.32 Å². The molecule has 98 valence electrons. The number of nitrogens with one attached hydrogen (secondary N) is 1. The fourth-order valence-electron chi connectivity index (χ4n) is 2.34. The summed E-state index contributed by atoms with van der Waals surface area (Å²) in [5, 5.41) is 3.98. The van der Waals surface area contributed by atoms with Gasteiger partial charge in [0, 0.05) is 24.5 Å². The maximum absolute atomic E-state index is 12.1. The van der Waals surface area contributed by atoms with Crippen LogP contribution in [0.3, 0.4) is 0 Å². The molecule has 19 heavy (non-hydrogen) atoms. The second kappa shape index (κ2) is 5.36. The van der Waals surface area contributed by atoms with E-state index in [1.807, 2.05) is 30.3 Å². The molecule has 1 aromatic carbocycles. The maximum atomic E-state index is 12.1. The van der Waals surface area contributed by atoms with Gasteiger partial charge in [-0.15, -0.1) is 0 Å². The zero-order valence-electron chi connectivity index (χ0n) is 10.6. The van der Waals surface area contributed by atoms with Gasteiger partial charge in [-0.05, 0) is 25.0 Å². The number of amides is 1. The van der Waals surface area contributed by atoms with E-state index in [0.717, 1.165) is 29.4 Å². The summed E-state index contributed by atoms with van der Waals surface area (Å²) in [6.45, 7) is 1.35. The molecule has 1 saturated heterocycles. The molecule has 1 aliphatic heterocycles. The largest absolute Gasteiger partial charge is 0.381 e. The third-order valence-electron chi connectivity index (χ3n) is 3.45. The van der Waals surface area contributed by atoms with Crippen LogP contribution in [0.5, 0.6) is 0 Å². The molecule has 1 fully saturated rings. The van der Waals surface area contributed by atoms with Crippen LogP contribution in [0, 0.1) is 5.92 Å². The average molecular weight is 256 g/mol. The number of rotatable bonds is 2. The van der Waals surface area contributed by atoms with E-state index >= 15 is 0 Å². The zero-order chi connectivity index (χ0) is 13.1. The number of hydrogen-bond donors (Lipinski definition) is 1. The number of para-hydroxylation sites is 1. The Kier molecular flexibility index (Phi) is 3.42. The topological polar surface area (TPSA) is 51.2 Å². The average Bonchev–Trinajstić information content (AvgIpc) is 2.48. The summed E-state index contributed by atoms with van der Waals surface area (Å²) in [6.07, 6.45) is 3.30. The highest BCUT2D eigenvalue weighted by Gasteiger charge is 2.21. The number of pyridine rings is 1. The van der Waals surface area contributed by atoms with Gasteiger partial charge in [-0.25, -0.2) is 0 Å². The van der Waals surface area contributed by atoms with Gasteiger partial charge in [0.2, 0.25) is 5.91 Å². The predicted octanol–water partition coefficient (Wildman–Crippen LogP) is 2.60. The van der Waals surface area contributed by atoms with E-state index in [9.17, 15) is 4.79 Å². The molecule has 0 spiro atoms. The van der Waals surface area contributed by atoms with Crippen LogP contribution in [0.2, 0.25) is 0 Å². The van der Waals surface area contributed by atoms with E-state index < -0.39 is 0 Å². The Morgan fingerprint density at radius 2 is 2.05 bits per heavy atom. The number of carbonyl (C=O) groups is 1. The number of benzene rings is 1. The van der Waals surface area contributed by atoms with Crippen molar-refractivity contribution in [2.24, 2.45) is 5.92 Å². The van der Waals surface area contributed by atoms with E-state index in [1.54, 1.807) is 6.20 Å². The molecule has 1 N–H and O–H groups in total. The fraction of sp³-hybridized carbons (Fsp3) is 0.333. The lowest BCUT2D eigenvalue weighted by Gasteiger charge is -2.21. The first-order chi connectivity index (χ1) is 9.33. The van der Waals surface area contributed by atoms with Crippen molar-refractivity contribution >= 4 is 22.5 Å². The van der Waals surface area contributed by atoms with E-state index in [2.05, 4.69) is 10.3 Å². The van der Waals surface area contributed by atoms with Crippen molar-refractivity contribution in [3.8, 4) is 0 Å². The second-order valence-corrected chi connectivity index (χ2v) is 4.79. The predicted molar refractivity (Wildman–Crippen MR) is 73.9 cm³/mol. The molecule has 1 aromatic heterocycles. The Hall–Kier alpha value is -1.94. The third kappa shape index (κ3) is 2.74. The van der Waals surface area contributed by atoms with E-state index in [1.165, 1.54) is 0 Å². The van der Waals surface area contributed by atoms with Gasteiger partial charge in [-0.2, -0.15) is 0 Å². The molecule has 0 radical (unpaired) electrons. The summed E-state index contributed by atoms with van der Waals surface area (Å²) in [5.74, 6) is 0.126. The smallest absolute Gasteiger partial charge is 0.227 e. The van der Waals surface area contributed by atoms with E-state index in [4.69, 9.17) is 4.74 Å². The molecule has 0 saturated carbocycles. The molecule has 2 aromatic rings. The first kappa shape index (κ1) is 12.1. The molecular formula is C15H16N2O2. The standard InChI is InChI=1S/C15H16N2O2/c18-15(11-5-7-19-8-6-11)17-13-9-12-3-1-2-4-14(12)16-10-13/h1-4,9-11H,5-8H2,(H,17,18). The first-order valence-corrected chi connectivity index (χ1v) is 6.56. The Bertz CT molecular complexity index is 591. The minimum atomic E-state index is 0.0558. The van der Waals surface area contributed by atoms with Gasteiger partial charge >= 0.3 is 0 Å². The lowest BCUT2D eigenvalue weighted by molar-refractivity contribution is -0.122. The van der Waals surface area contributed by atoms with Crippen molar-refractivity contribution in [1.82, 2.24) is 4.98 Å². The molecule has 4 heteroatoms. The highest BCUT2D eigenvalue weighted by atomic mass is 16.5. The third-order valence-corrected chi connectivity index (χ3v) is 3.45. The normalized spacial score (nSPS) is 16.4. The fourth-order valence-corrected chi connectivity index (χ4v) is 2.34. The van der Waals surface area contributed by atoms with Crippen LogP contribution in [0.15, 0.2) is 36.5 Å². The molecular weight excluding hydrogens is 240 g/mol. The number of aromatic nitrogens is 1. The SMILES string of the molecule is O=C(Nc1cnc2ccccc2c1)C1CCOCC1. The van der Waals surface area contributed by atoms with Gasteiger partial charge in [0.05, 0.1) is 17.4 Å². The van der Waals surface area contributed by atoms with Gasteiger partial charge in [0.25, 0.3) is 0 Å². The summed E-state index contributed by atoms with van der Waals surface area (Å²) in [7, 11) is 0. The molecule has 4 nitrogen and oxygen atoms in total. The lowest BCUT2D eigenvalue weighted by atomic mass is 9.99. The highest BCUT2D eigenvalue weighted by Crippen LogP contribution is 2.19. The van der Waals surface area contributed by atoms with Gasteiger partial charge in [-0.3, -0.25) is 9.78 Å². The van der Waals surface area contributed by atoms with Crippen molar-refractivity contribution < 1.29 is 9.53 Å². The van der Waals surface area contributed by atoms with Crippen LogP contribution in [0.1, 0.15) is 12.8 Å². The summed E-state index contributed by atoms with van der Waals surface area (Å²) in [6, 6.07) is 9.83. The minimum absolute atomic E-state index is 0.0558. The van der Waals surface area contributed by atoms with E-state index in [0.29, 0.717) is 13.2 Å².